The molecular formula is C22H34N6O5. The monoisotopic (exact) mass is 462 g/mol. The number of nitrogens with two attached hydrogens (primary N) is 1. The van der Waals surface area contributed by atoms with E-state index in [0.717, 1.165) is 0 Å². The van der Waals surface area contributed by atoms with Crippen molar-refractivity contribution in [2.45, 2.75) is 76.5 Å². The molecule has 1 aromatic rings. The van der Waals surface area contributed by atoms with E-state index >= 15 is 0 Å². The highest BCUT2D eigenvalue weighted by molar-refractivity contribution is 5.94. The van der Waals surface area contributed by atoms with Crippen molar-refractivity contribution in [2.75, 3.05) is 13.1 Å². The molecule has 2 aliphatic heterocycles. The van der Waals surface area contributed by atoms with Crippen LogP contribution in [0.4, 0.5) is 0 Å². The second-order valence-electron chi connectivity index (χ2n) is 9.30. The number of hydrogen-bond acceptors (Lipinski definition) is 6. The van der Waals surface area contributed by atoms with E-state index in [9.17, 15) is 24.3 Å². The molecule has 2 fully saturated rings. The van der Waals surface area contributed by atoms with E-state index in [1.807, 2.05) is 13.8 Å². The molecule has 182 valence electrons. The van der Waals surface area contributed by atoms with Crippen molar-refractivity contribution in [3.8, 4) is 0 Å². The molecule has 3 rings (SSSR count). The van der Waals surface area contributed by atoms with Crippen LogP contribution in [0.2, 0.25) is 0 Å². The van der Waals surface area contributed by atoms with Crippen LogP contribution in [-0.4, -0.2) is 85.8 Å². The SMILES string of the molecule is CC(C)CC(N)C(=O)N1CCCC1C(=O)N1CCCC1C(=O)NC(Cc1cnc[nH]1)C(=O)O. The Labute approximate surface area is 193 Å². The summed E-state index contributed by atoms with van der Waals surface area (Å²) in [4.78, 5) is 60.6. The first kappa shape index (κ1) is 24.7. The summed E-state index contributed by atoms with van der Waals surface area (Å²) in [6, 6.07) is -3.20. The first-order valence-corrected chi connectivity index (χ1v) is 11.6. The van der Waals surface area contributed by atoms with Gasteiger partial charge in [-0.1, -0.05) is 13.8 Å². The van der Waals surface area contributed by atoms with E-state index in [4.69, 9.17) is 5.73 Å². The average Bonchev–Trinajstić information content (AvgIpc) is 3.52. The molecule has 0 aliphatic carbocycles. The molecule has 33 heavy (non-hydrogen) atoms. The normalized spacial score (nSPS) is 22.4. The number of amides is 3. The van der Waals surface area contributed by atoms with Crippen molar-refractivity contribution >= 4 is 23.7 Å². The van der Waals surface area contributed by atoms with Gasteiger partial charge in [-0.15, -0.1) is 0 Å². The van der Waals surface area contributed by atoms with E-state index in [1.54, 1.807) is 4.90 Å². The van der Waals surface area contributed by atoms with Crippen LogP contribution in [0.15, 0.2) is 12.5 Å². The lowest BCUT2D eigenvalue weighted by Crippen LogP contribution is -2.56. The molecule has 3 heterocycles. The number of carbonyl (C=O) groups excluding carboxylic acids is 3. The summed E-state index contributed by atoms with van der Waals surface area (Å²) in [5.74, 6) is -1.90. The topological polar surface area (TPSA) is 162 Å². The molecule has 0 aromatic carbocycles. The average molecular weight is 463 g/mol. The fourth-order valence-corrected chi connectivity index (χ4v) is 4.69. The Morgan fingerprint density at radius 2 is 1.85 bits per heavy atom. The molecule has 0 radical (unpaired) electrons. The minimum absolute atomic E-state index is 0.0559. The molecule has 2 saturated heterocycles. The van der Waals surface area contributed by atoms with Gasteiger partial charge in [0.15, 0.2) is 0 Å². The van der Waals surface area contributed by atoms with Crippen LogP contribution >= 0.6 is 0 Å². The smallest absolute Gasteiger partial charge is 0.326 e. The van der Waals surface area contributed by atoms with Gasteiger partial charge in [-0.3, -0.25) is 14.4 Å². The van der Waals surface area contributed by atoms with Crippen molar-refractivity contribution in [3.63, 3.8) is 0 Å². The van der Waals surface area contributed by atoms with Crippen LogP contribution in [0.25, 0.3) is 0 Å². The predicted molar refractivity (Wildman–Crippen MR) is 119 cm³/mol. The zero-order valence-corrected chi connectivity index (χ0v) is 19.2. The molecule has 2 aliphatic rings. The number of hydrogen-bond donors (Lipinski definition) is 4. The van der Waals surface area contributed by atoms with Crippen molar-refractivity contribution < 1.29 is 24.3 Å². The second-order valence-corrected chi connectivity index (χ2v) is 9.30. The number of imidazole rings is 1. The van der Waals surface area contributed by atoms with Crippen LogP contribution in [0.5, 0.6) is 0 Å². The Kier molecular flexibility index (Phi) is 8.06. The fourth-order valence-electron chi connectivity index (χ4n) is 4.69. The standard InChI is InChI=1S/C22H34N6O5/c1-13(2)9-15(23)20(30)28-8-4-6-18(28)21(31)27-7-3-5-17(27)19(29)26-16(22(32)33)10-14-11-24-12-25-14/h11-13,15-18H,3-10,23H2,1-2H3,(H,24,25)(H,26,29)(H,32,33). The van der Waals surface area contributed by atoms with Gasteiger partial charge < -0.3 is 30.9 Å². The molecule has 11 nitrogen and oxygen atoms in total. The number of aliphatic carboxylic acids is 1. The minimum atomic E-state index is -1.17. The molecule has 0 bridgehead atoms. The third-order valence-corrected chi connectivity index (χ3v) is 6.30. The Morgan fingerprint density at radius 3 is 2.45 bits per heavy atom. The molecule has 0 spiro atoms. The van der Waals surface area contributed by atoms with Crippen LogP contribution in [0.1, 0.15) is 51.6 Å². The minimum Gasteiger partial charge on any atom is -0.480 e. The number of H-pyrrole nitrogens is 1. The van der Waals surface area contributed by atoms with Crippen LogP contribution in [0, 0.1) is 5.92 Å². The maximum atomic E-state index is 13.4. The number of aromatic nitrogens is 2. The number of rotatable bonds is 9. The number of carboxylic acids is 1. The Morgan fingerprint density at radius 1 is 1.18 bits per heavy atom. The van der Waals surface area contributed by atoms with Gasteiger partial charge in [0.05, 0.1) is 12.4 Å². The van der Waals surface area contributed by atoms with Gasteiger partial charge in [0.1, 0.15) is 18.1 Å². The number of carboxylic acid groups (broad SMARTS) is 1. The Bertz CT molecular complexity index is 857. The second kappa shape index (κ2) is 10.8. The molecule has 11 heteroatoms. The fraction of sp³-hybridized carbons (Fsp3) is 0.682. The van der Waals surface area contributed by atoms with Crippen LogP contribution < -0.4 is 11.1 Å². The lowest BCUT2D eigenvalue weighted by molar-refractivity contribution is -0.148. The van der Waals surface area contributed by atoms with Gasteiger partial charge in [0, 0.05) is 31.4 Å². The van der Waals surface area contributed by atoms with E-state index in [2.05, 4.69) is 15.3 Å². The number of carbonyl (C=O) groups is 4. The molecule has 1 aromatic heterocycles. The number of nitrogens with zero attached hydrogens (tertiary/aromatic N) is 3. The van der Waals surface area contributed by atoms with Crippen LogP contribution in [0.3, 0.4) is 0 Å². The lowest BCUT2D eigenvalue weighted by Gasteiger charge is -2.32. The van der Waals surface area contributed by atoms with Crippen LogP contribution in [-0.2, 0) is 25.6 Å². The Balaban J connectivity index is 1.66. The number of likely N-dealkylation sites (tertiary alicyclic amines) is 2. The molecule has 3 amide bonds. The third-order valence-electron chi connectivity index (χ3n) is 6.30. The summed E-state index contributed by atoms with van der Waals surface area (Å²) in [5.41, 5.74) is 6.67. The maximum absolute atomic E-state index is 13.4. The third kappa shape index (κ3) is 5.89. The molecule has 5 N–H and O–H groups in total. The summed E-state index contributed by atoms with van der Waals surface area (Å²) in [6.07, 6.45) is 5.85. The summed E-state index contributed by atoms with van der Waals surface area (Å²) in [5, 5.41) is 12.1. The Hall–Kier alpha value is -2.95. The van der Waals surface area contributed by atoms with Gasteiger partial charge in [-0.25, -0.2) is 9.78 Å². The lowest BCUT2D eigenvalue weighted by atomic mass is 10.0. The molecule has 0 saturated carbocycles. The van der Waals surface area contributed by atoms with Crippen molar-refractivity contribution in [1.82, 2.24) is 25.1 Å². The van der Waals surface area contributed by atoms with E-state index in [-0.39, 0.29) is 24.2 Å². The van der Waals surface area contributed by atoms with Crippen molar-refractivity contribution in [1.29, 1.82) is 0 Å². The summed E-state index contributed by atoms with van der Waals surface area (Å²) in [6.45, 7) is 4.84. The van der Waals surface area contributed by atoms with E-state index < -0.39 is 36.0 Å². The highest BCUT2D eigenvalue weighted by atomic mass is 16.4. The van der Waals surface area contributed by atoms with Crippen molar-refractivity contribution in [2.24, 2.45) is 11.7 Å². The molecule has 4 unspecified atom stereocenters. The quantitative estimate of drug-likeness (QED) is 0.397. The van der Waals surface area contributed by atoms with E-state index in [0.29, 0.717) is 50.9 Å². The highest BCUT2D eigenvalue weighted by Crippen LogP contribution is 2.26. The first-order valence-electron chi connectivity index (χ1n) is 11.6. The van der Waals surface area contributed by atoms with Gasteiger partial charge in [-0.2, -0.15) is 0 Å². The molecule has 4 atom stereocenters. The molecular weight excluding hydrogens is 428 g/mol. The summed E-state index contributed by atoms with van der Waals surface area (Å²) in [7, 11) is 0. The van der Waals surface area contributed by atoms with Gasteiger partial charge in [0.2, 0.25) is 17.7 Å². The predicted octanol–water partition coefficient (Wildman–Crippen LogP) is -0.123. The largest absolute Gasteiger partial charge is 0.480 e. The first-order chi connectivity index (χ1) is 15.7. The van der Waals surface area contributed by atoms with Gasteiger partial charge in [0.25, 0.3) is 0 Å². The summed E-state index contributed by atoms with van der Waals surface area (Å²) >= 11 is 0. The highest BCUT2D eigenvalue weighted by Gasteiger charge is 2.43. The zero-order valence-electron chi connectivity index (χ0n) is 19.2. The summed E-state index contributed by atoms with van der Waals surface area (Å²) < 4.78 is 0. The maximum Gasteiger partial charge on any atom is 0.326 e. The number of aromatic amines is 1. The van der Waals surface area contributed by atoms with Gasteiger partial charge in [-0.05, 0) is 38.0 Å². The zero-order chi connectivity index (χ0) is 24.1. The van der Waals surface area contributed by atoms with Crippen molar-refractivity contribution in [3.05, 3.63) is 18.2 Å². The van der Waals surface area contributed by atoms with E-state index in [1.165, 1.54) is 17.4 Å². The van der Waals surface area contributed by atoms with Gasteiger partial charge >= 0.3 is 5.97 Å². The number of nitrogens with one attached hydrogen (secondary N) is 2.